The van der Waals surface area contributed by atoms with Crippen LogP contribution >= 0.6 is 22.6 Å². The molecule has 0 aromatic rings. The van der Waals surface area contributed by atoms with Crippen LogP contribution in [-0.2, 0) is 9.47 Å². The van der Waals surface area contributed by atoms with Crippen molar-refractivity contribution in [1.82, 2.24) is 0 Å². The molecule has 2 fully saturated rings. The van der Waals surface area contributed by atoms with Gasteiger partial charge in [-0.2, -0.15) is 0 Å². The molecule has 18 heavy (non-hydrogen) atoms. The largest absolute Gasteiger partial charge is 0.470 e. The molecular formula is C15H25IO2. The molecule has 0 N–H and O–H groups in total. The molecule has 4 atom stereocenters. The Morgan fingerprint density at radius 1 is 1.39 bits per heavy atom. The molecule has 0 saturated heterocycles. The van der Waals surface area contributed by atoms with Crippen LogP contribution in [0.1, 0.15) is 46.0 Å². The predicted octanol–water partition coefficient (Wildman–Crippen LogP) is 4.53. The van der Waals surface area contributed by atoms with Gasteiger partial charge >= 0.3 is 0 Å². The van der Waals surface area contributed by atoms with Gasteiger partial charge in [0, 0.05) is 17.5 Å². The minimum absolute atomic E-state index is 0.109. The summed E-state index contributed by atoms with van der Waals surface area (Å²) in [5.74, 6) is 4.01. The predicted molar refractivity (Wildman–Crippen MR) is 82.7 cm³/mol. The van der Waals surface area contributed by atoms with Gasteiger partial charge in [0.2, 0.25) is 0 Å². The van der Waals surface area contributed by atoms with E-state index in [1.165, 1.54) is 25.7 Å². The number of halogens is 1. The fraction of sp³-hybridized carbons (Fsp3) is 0.867. The van der Waals surface area contributed by atoms with Gasteiger partial charge in [-0.15, -0.1) is 0 Å². The molecule has 0 amide bonds. The van der Waals surface area contributed by atoms with Gasteiger partial charge in [0.25, 0.3) is 0 Å². The molecule has 2 nitrogen and oxygen atoms in total. The van der Waals surface area contributed by atoms with Crippen molar-refractivity contribution in [1.29, 1.82) is 0 Å². The van der Waals surface area contributed by atoms with E-state index >= 15 is 0 Å². The van der Waals surface area contributed by atoms with Crippen LogP contribution in [0.15, 0.2) is 11.8 Å². The number of hydrogen-bond acceptors (Lipinski definition) is 2. The molecule has 2 saturated carbocycles. The van der Waals surface area contributed by atoms with E-state index in [0.717, 1.165) is 34.4 Å². The van der Waals surface area contributed by atoms with Gasteiger partial charge < -0.3 is 9.47 Å². The smallest absolute Gasteiger partial charge is 0.196 e. The third-order valence-corrected chi connectivity index (χ3v) is 4.81. The van der Waals surface area contributed by atoms with Gasteiger partial charge in [0.05, 0.1) is 5.76 Å². The van der Waals surface area contributed by atoms with Crippen molar-refractivity contribution in [2.24, 2.45) is 17.8 Å². The molecule has 0 aromatic heterocycles. The number of hydrogen-bond donors (Lipinski definition) is 0. The standard InChI is InChI=1S/C15H25IO2/c1-3-17-11(2)18-15(6-7-16)10-14-9-12-4-5-13(14)8-12/h6,11-14H,3-5,7-10H2,1-2H3. The highest BCUT2D eigenvalue weighted by Gasteiger charge is 2.39. The quantitative estimate of drug-likeness (QED) is 0.286. The van der Waals surface area contributed by atoms with Crippen LogP contribution in [0.5, 0.6) is 0 Å². The maximum atomic E-state index is 5.93. The minimum Gasteiger partial charge on any atom is -0.470 e. The third kappa shape index (κ3) is 3.86. The van der Waals surface area contributed by atoms with E-state index in [0.29, 0.717) is 6.61 Å². The fourth-order valence-corrected chi connectivity index (χ4v) is 4.12. The molecule has 2 aliphatic carbocycles. The van der Waals surface area contributed by atoms with Crippen molar-refractivity contribution < 1.29 is 9.47 Å². The SMILES string of the molecule is CCOC(C)OC(=CCI)CC1CC2CCC1C2. The second kappa shape index (κ2) is 7.13. The van der Waals surface area contributed by atoms with Gasteiger partial charge in [-0.05, 0) is 56.9 Å². The zero-order valence-electron chi connectivity index (χ0n) is 11.5. The molecular weight excluding hydrogens is 339 g/mol. The lowest BCUT2D eigenvalue weighted by atomic mass is 9.86. The van der Waals surface area contributed by atoms with Gasteiger partial charge in [-0.25, -0.2) is 0 Å². The van der Waals surface area contributed by atoms with Crippen molar-refractivity contribution in [2.75, 3.05) is 11.0 Å². The summed E-state index contributed by atoms with van der Waals surface area (Å²) in [6.07, 6.45) is 9.07. The Bertz CT molecular complexity index is 290. The molecule has 104 valence electrons. The van der Waals surface area contributed by atoms with E-state index < -0.39 is 0 Å². The van der Waals surface area contributed by atoms with Crippen LogP contribution in [-0.4, -0.2) is 17.3 Å². The normalized spacial score (nSPS) is 32.8. The monoisotopic (exact) mass is 364 g/mol. The van der Waals surface area contributed by atoms with Crippen molar-refractivity contribution >= 4 is 22.6 Å². The second-order valence-electron chi connectivity index (χ2n) is 5.60. The highest BCUT2D eigenvalue weighted by molar-refractivity contribution is 14.1. The number of alkyl halides is 1. The third-order valence-electron chi connectivity index (χ3n) is 4.37. The highest BCUT2D eigenvalue weighted by Crippen LogP contribution is 2.50. The lowest BCUT2D eigenvalue weighted by Gasteiger charge is -2.24. The Kier molecular flexibility index (Phi) is 5.80. The Hall–Kier alpha value is 0.230. The summed E-state index contributed by atoms with van der Waals surface area (Å²) >= 11 is 2.38. The van der Waals surface area contributed by atoms with E-state index in [1.807, 2.05) is 13.8 Å². The van der Waals surface area contributed by atoms with Crippen LogP contribution < -0.4 is 0 Å². The van der Waals surface area contributed by atoms with Crippen molar-refractivity contribution in [2.45, 2.75) is 52.2 Å². The minimum atomic E-state index is -0.109. The summed E-state index contributed by atoms with van der Waals surface area (Å²) in [6, 6.07) is 0. The molecule has 4 unspecified atom stereocenters. The average molecular weight is 364 g/mol. The number of ether oxygens (including phenoxy) is 2. The first kappa shape index (κ1) is 14.6. The van der Waals surface area contributed by atoms with Crippen LogP contribution in [0.3, 0.4) is 0 Å². The molecule has 2 aliphatic rings. The van der Waals surface area contributed by atoms with E-state index in [-0.39, 0.29) is 6.29 Å². The Morgan fingerprint density at radius 3 is 2.78 bits per heavy atom. The topological polar surface area (TPSA) is 18.5 Å². The average Bonchev–Trinajstić information content (AvgIpc) is 2.91. The van der Waals surface area contributed by atoms with E-state index in [9.17, 15) is 0 Å². The van der Waals surface area contributed by atoms with Crippen LogP contribution in [0.2, 0.25) is 0 Å². The summed E-state index contributed by atoms with van der Waals surface area (Å²) in [6.45, 7) is 4.72. The molecule has 0 spiro atoms. The number of allylic oxidation sites excluding steroid dienone is 2. The number of rotatable bonds is 7. The maximum absolute atomic E-state index is 5.93. The van der Waals surface area contributed by atoms with Gasteiger partial charge in [-0.1, -0.05) is 29.0 Å². The van der Waals surface area contributed by atoms with Crippen LogP contribution in [0, 0.1) is 17.8 Å². The first-order chi connectivity index (χ1) is 8.72. The summed E-state index contributed by atoms with van der Waals surface area (Å²) in [5.41, 5.74) is 0. The van der Waals surface area contributed by atoms with Gasteiger partial charge in [0.1, 0.15) is 0 Å². The highest BCUT2D eigenvalue weighted by atomic mass is 127. The van der Waals surface area contributed by atoms with E-state index in [2.05, 4.69) is 28.7 Å². The van der Waals surface area contributed by atoms with Crippen molar-refractivity contribution in [3.63, 3.8) is 0 Å². The van der Waals surface area contributed by atoms with Gasteiger partial charge in [0.15, 0.2) is 6.29 Å². The fourth-order valence-electron chi connectivity index (χ4n) is 3.63. The van der Waals surface area contributed by atoms with Crippen molar-refractivity contribution in [3.05, 3.63) is 11.8 Å². The Labute approximate surface area is 125 Å². The zero-order valence-corrected chi connectivity index (χ0v) is 13.7. The van der Waals surface area contributed by atoms with Crippen LogP contribution in [0.25, 0.3) is 0 Å². The molecule has 2 bridgehead atoms. The Morgan fingerprint density at radius 2 is 2.22 bits per heavy atom. The molecule has 2 rings (SSSR count). The molecule has 0 aromatic carbocycles. The Balaban J connectivity index is 1.84. The molecule has 3 heteroatoms. The number of fused-ring (bicyclic) bond motifs is 2. The molecule has 0 heterocycles. The molecule has 0 aliphatic heterocycles. The van der Waals surface area contributed by atoms with E-state index in [1.54, 1.807) is 0 Å². The summed E-state index contributed by atoms with van der Waals surface area (Å²) in [7, 11) is 0. The summed E-state index contributed by atoms with van der Waals surface area (Å²) in [4.78, 5) is 0. The lowest BCUT2D eigenvalue weighted by Crippen LogP contribution is -2.17. The van der Waals surface area contributed by atoms with Crippen LogP contribution in [0.4, 0.5) is 0 Å². The molecule has 0 radical (unpaired) electrons. The second-order valence-corrected chi connectivity index (χ2v) is 6.49. The summed E-state index contributed by atoms with van der Waals surface area (Å²) < 4.78 is 12.4. The first-order valence-corrected chi connectivity index (χ1v) is 8.78. The van der Waals surface area contributed by atoms with E-state index in [4.69, 9.17) is 9.47 Å². The lowest BCUT2D eigenvalue weighted by molar-refractivity contribution is -0.103. The summed E-state index contributed by atoms with van der Waals surface area (Å²) in [5, 5.41) is 0. The zero-order chi connectivity index (χ0) is 13.0. The van der Waals surface area contributed by atoms with Crippen molar-refractivity contribution in [3.8, 4) is 0 Å². The first-order valence-electron chi connectivity index (χ1n) is 7.26. The maximum Gasteiger partial charge on any atom is 0.196 e. The van der Waals surface area contributed by atoms with Gasteiger partial charge in [-0.3, -0.25) is 0 Å².